The minimum absolute atomic E-state index is 0.185. The quantitative estimate of drug-likeness (QED) is 0.849. The third-order valence-electron chi connectivity index (χ3n) is 4.50. The van der Waals surface area contributed by atoms with E-state index in [9.17, 15) is 4.79 Å². The molecule has 2 N–H and O–H groups in total. The molecule has 22 heavy (non-hydrogen) atoms. The van der Waals surface area contributed by atoms with E-state index in [4.69, 9.17) is 5.73 Å². The van der Waals surface area contributed by atoms with Gasteiger partial charge >= 0.3 is 0 Å². The molecule has 0 saturated carbocycles. The summed E-state index contributed by atoms with van der Waals surface area (Å²) in [7, 11) is 0. The van der Waals surface area contributed by atoms with E-state index in [0.29, 0.717) is 6.42 Å². The number of likely N-dealkylation sites (tertiary alicyclic amines) is 1. The summed E-state index contributed by atoms with van der Waals surface area (Å²) >= 11 is 0. The van der Waals surface area contributed by atoms with Gasteiger partial charge < -0.3 is 10.6 Å². The number of benzene rings is 1. The summed E-state index contributed by atoms with van der Waals surface area (Å²) in [5.74, 6) is 0.274. The summed E-state index contributed by atoms with van der Waals surface area (Å²) in [5, 5.41) is 0. The minimum Gasteiger partial charge on any atom is -0.341 e. The second kappa shape index (κ2) is 7.28. The molecule has 3 heteroatoms. The van der Waals surface area contributed by atoms with Gasteiger partial charge in [0.1, 0.15) is 0 Å². The average molecular weight is 302 g/mol. The Morgan fingerprint density at radius 3 is 2.45 bits per heavy atom. The maximum atomic E-state index is 12.0. The predicted octanol–water partition coefficient (Wildman–Crippen LogP) is 3.26. The second-order valence-corrected chi connectivity index (χ2v) is 7.54. The highest BCUT2D eigenvalue weighted by Gasteiger charge is 2.22. The standard InChI is InChI=1S/C19H30N2O/c1-19(2,3)16-10-8-15(9-11-16)6-4-5-7-18(22)21-13-12-17(20)14-21/h8-11,17H,4-7,12-14,20H2,1-3H3/t17-/m1/s1. The number of amides is 1. The molecule has 1 aromatic carbocycles. The molecule has 0 aliphatic carbocycles. The summed E-state index contributed by atoms with van der Waals surface area (Å²) < 4.78 is 0. The number of carbonyl (C=O) groups is 1. The summed E-state index contributed by atoms with van der Waals surface area (Å²) in [6.07, 6.45) is 4.70. The molecule has 1 fully saturated rings. The van der Waals surface area contributed by atoms with Gasteiger partial charge in [0.15, 0.2) is 0 Å². The van der Waals surface area contributed by atoms with E-state index in [1.54, 1.807) is 0 Å². The molecule has 1 aliphatic rings. The molecule has 1 saturated heterocycles. The Labute approximate surface area is 134 Å². The zero-order valence-electron chi connectivity index (χ0n) is 14.3. The number of nitrogens with two attached hydrogens (primary N) is 1. The molecule has 0 spiro atoms. The Bertz CT molecular complexity index is 487. The number of hydrogen-bond acceptors (Lipinski definition) is 2. The first-order valence-electron chi connectivity index (χ1n) is 8.49. The van der Waals surface area contributed by atoms with Crippen molar-refractivity contribution >= 4 is 5.91 Å². The fraction of sp³-hybridized carbons (Fsp3) is 0.632. The first-order chi connectivity index (χ1) is 10.4. The van der Waals surface area contributed by atoms with E-state index in [-0.39, 0.29) is 17.4 Å². The van der Waals surface area contributed by atoms with Crippen LogP contribution in [0.25, 0.3) is 0 Å². The number of hydrogen-bond donors (Lipinski definition) is 1. The molecule has 2 rings (SSSR count). The monoisotopic (exact) mass is 302 g/mol. The van der Waals surface area contributed by atoms with E-state index in [1.807, 2.05) is 4.90 Å². The Balaban J connectivity index is 1.69. The van der Waals surface area contributed by atoms with Gasteiger partial charge in [0.2, 0.25) is 5.91 Å². The van der Waals surface area contributed by atoms with Gasteiger partial charge in [-0.15, -0.1) is 0 Å². The van der Waals surface area contributed by atoms with Crippen LogP contribution in [0.1, 0.15) is 57.6 Å². The Hall–Kier alpha value is -1.35. The van der Waals surface area contributed by atoms with Crippen molar-refractivity contribution in [1.82, 2.24) is 4.90 Å². The summed E-state index contributed by atoms with van der Waals surface area (Å²) in [4.78, 5) is 13.9. The van der Waals surface area contributed by atoms with Crippen molar-refractivity contribution < 1.29 is 4.79 Å². The van der Waals surface area contributed by atoms with Crippen LogP contribution in [0.4, 0.5) is 0 Å². The first-order valence-corrected chi connectivity index (χ1v) is 8.49. The SMILES string of the molecule is CC(C)(C)c1ccc(CCCCC(=O)N2CC[C@@H](N)C2)cc1. The molecule has 0 radical (unpaired) electrons. The third kappa shape index (κ3) is 4.84. The third-order valence-corrected chi connectivity index (χ3v) is 4.50. The van der Waals surface area contributed by atoms with Crippen LogP contribution in [-0.4, -0.2) is 29.9 Å². The summed E-state index contributed by atoms with van der Waals surface area (Å²) in [6.45, 7) is 8.29. The van der Waals surface area contributed by atoms with Gasteiger partial charge in [-0.3, -0.25) is 4.79 Å². The highest BCUT2D eigenvalue weighted by Crippen LogP contribution is 2.22. The maximum Gasteiger partial charge on any atom is 0.222 e. The van der Waals surface area contributed by atoms with Crippen molar-refractivity contribution in [3.8, 4) is 0 Å². The predicted molar refractivity (Wildman–Crippen MR) is 91.9 cm³/mol. The van der Waals surface area contributed by atoms with Crippen LogP contribution in [0.15, 0.2) is 24.3 Å². The number of nitrogens with zero attached hydrogens (tertiary/aromatic N) is 1. The average Bonchev–Trinajstić information content (AvgIpc) is 2.89. The molecule has 3 nitrogen and oxygen atoms in total. The molecule has 0 unspecified atom stereocenters. The fourth-order valence-electron chi connectivity index (χ4n) is 2.95. The molecular weight excluding hydrogens is 272 g/mol. The molecule has 1 heterocycles. The second-order valence-electron chi connectivity index (χ2n) is 7.54. The number of carbonyl (C=O) groups excluding carboxylic acids is 1. The normalized spacial score (nSPS) is 18.7. The lowest BCUT2D eigenvalue weighted by Crippen LogP contribution is -2.31. The molecule has 0 aromatic heterocycles. The van der Waals surface area contributed by atoms with Crippen LogP contribution < -0.4 is 5.73 Å². The van der Waals surface area contributed by atoms with Crippen molar-refractivity contribution in [2.45, 2.75) is 64.3 Å². The van der Waals surface area contributed by atoms with Crippen molar-refractivity contribution in [1.29, 1.82) is 0 Å². The Kier molecular flexibility index (Phi) is 5.63. The van der Waals surface area contributed by atoms with Crippen LogP contribution >= 0.6 is 0 Å². The van der Waals surface area contributed by atoms with Gasteiger partial charge in [0, 0.05) is 25.6 Å². The highest BCUT2D eigenvalue weighted by atomic mass is 16.2. The number of unbranched alkanes of at least 4 members (excludes halogenated alkanes) is 1. The largest absolute Gasteiger partial charge is 0.341 e. The van der Waals surface area contributed by atoms with Gasteiger partial charge in [-0.25, -0.2) is 0 Å². The van der Waals surface area contributed by atoms with Crippen LogP contribution in [0.3, 0.4) is 0 Å². The number of rotatable bonds is 5. The van der Waals surface area contributed by atoms with E-state index < -0.39 is 0 Å². The van der Waals surface area contributed by atoms with E-state index in [1.165, 1.54) is 11.1 Å². The Morgan fingerprint density at radius 1 is 1.23 bits per heavy atom. The maximum absolute atomic E-state index is 12.0. The zero-order chi connectivity index (χ0) is 16.2. The molecule has 1 amide bonds. The number of aryl methyl sites for hydroxylation is 1. The van der Waals surface area contributed by atoms with Crippen molar-refractivity contribution in [2.24, 2.45) is 5.73 Å². The lowest BCUT2D eigenvalue weighted by atomic mass is 9.86. The topological polar surface area (TPSA) is 46.3 Å². The zero-order valence-corrected chi connectivity index (χ0v) is 14.3. The smallest absolute Gasteiger partial charge is 0.222 e. The van der Waals surface area contributed by atoms with Gasteiger partial charge in [-0.1, -0.05) is 45.0 Å². The van der Waals surface area contributed by atoms with Crippen LogP contribution in [0.5, 0.6) is 0 Å². The molecule has 1 aliphatic heterocycles. The fourth-order valence-corrected chi connectivity index (χ4v) is 2.95. The van der Waals surface area contributed by atoms with Crippen molar-refractivity contribution in [2.75, 3.05) is 13.1 Å². The molecule has 122 valence electrons. The van der Waals surface area contributed by atoms with E-state index in [2.05, 4.69) is 45.0 Å². The van der Waals surface area contributed by atoms with Crippen LogP contribution in [0.2, 0.25) is 0 Å². The van der Waals surface area contributed by atoms with Gasteiger partial charge in [0.25, 0.3) is 0 Å². The molecule has 1 aromatic rings. The summed E-state index contributed by atoms with van der Waals surface area (Å²) in [6, 6.07) is 9.09. The lowest BCUT2D eigenvalue weighted by molar-refractivity contribution is -0.130. The minimum atomic E-state index is 0.185. The molecular formula is C19H30N2O. The van der Waals surface area contributed by atoms with Crippen LogP contribution in [0, 0.1) is 0 Å². The summed E-state index contributed by atoms with van der Waals surface area (Å²) in [5.41, 5.74) is 8.79. The molecule has 1 atom stereocenters. The van der Waals surface area contributed by atoms with Gasteiger partial charge in [-0.05, 0) is 42.2 Å². The van der Waals surface area contributed by atoms with Gasteiger partial charge in [0.05, 0.1) is 0 Å². The first kappa shape index (κ1) is 17.0. The molecule has 0 bridgehead atoms. The lowest BCUT2D eigenvalue weighted by Gasteiger charge is -2.19. The highest BCUT2D eigenvalue weighted by molar-refractivity contribution is 5.76. The van der Waals surface area contributed by atoms with Crippen molar-refractivity contribution in [3.63, 3.8) is 0 Å². The van der Waals surface area contributed by atoms with Crippen LogP contribution in [-0.2, 0) is 16.6 Å². The van der Waals surface area contributed by atoms with E-state index in [0.717, 1.165) is 38.8 Å². The Morgan fingerprint density at radius 2 is 1.91 bits per heavy atom. The van der Waals surface area contributed by atoms with E-state index >= 15 is 0 Å². The van der Waals surface area contributed by atoms with Gasteiger partial charge in [-0.2, -0.15) is 0 Å². The van der Waals surface area contributed by atoms with Crippen molar-refractivity contribution in [3.05, 3.63) is 35.4 Å².